The lowest BCUT2D eigenvalue weighted by atomic mass is 10.3. The largest absolute Gasteiger partial charge is 0.382 e. The van der Waals surface area contributed by atoms with Crippen molar-refractivity contribution in [1.82, 2.24) is 9.55 Å². The van der Waals surface area contributed by atoms with E-state index in [1.165, 1.54) is 12.1 Å². The van der Waals surface area contributed by atoms with E-state index < -0.39 is 5.82 Å². The standard InChI is InChI=1S/C14H16Cl2FN3O/c1-2-21-7-3-4-18-14-19-5-6-20(14)10-8-11(15)13(17)12(16)9-10/h5-6,8-9H,2-4,7H2,1H3,(H,18,19). The Morgan fingerprint density at radius 3 is 2.71 bits per heavy atom. The van der Waals surface area contributed by atoms with Crippen LogP contribution >= 0.6 is 23.2 Å². The minimum Gasteiger partial charge on any atom is -0.382 e. The van der Waals surface area contributed by atoms with Crippen LogP contribution in [0.3, 0.4) is 0 Å². The summed E-state index contributed by atoms with van der Waals surface area (Å²) in [5.41, 5.74) is 0.649. The van der Waals surface area contributed by atoms with E-state index in [1.54, 1.807) is 17.0 Å². The van der Waals surface area contributed by atoms with Crippen molar-refractivity contribution in [2.24, 2.45) is 0 Å². The number of nitrogens with one attached hydrogen (secondary N) is 1. The maximum Gasteiger partial charge on any atom is 0.207 e. The first kappa shape index (κ1) is 16.1. The number of aromatic nitrogens is 2. The molecule has 1 heterocycles. The third-order valence-corrected chi connectivity index (χ3v) is 3.39. The van der Waals surface area contributed by atoms with Crippen LogP contribution in [0.25, 0.3) is 5.69 Å². The van der Waals surface area contributed by atoms with Crippen molar-refractivity contribution in [3.8, 4) is 5.69 Å². The Morgan fingerprint density at radius 1 is 1.33 bits per heavy atom. The number of rotatable bonds is 7. The van der Waals surface area contributed by atoms with E-state index >= 15 is 0 Å². The first-order valence-electron chi connectivity index (χ1n) is 6.63. The molecule has 0 aliphatic rings. The van der Waals surface area contributed by atoms with Gasteiger partial charge in [-0.1, -0.05) is 23.2 Å². The molecule has 0 saturated carbocycles. The highest BCUT2D eigenvalue weighted by Crippen LogP contribution is 2.27. The Bertz CT molecular complexity index is 581. The van der Waals surface area contributed by atoms with Crippen LogP contribution < -0.4 is 5.32 Å². The molecule has 0 saturated heterocycles. The molecule has 0 unspecified atom stereocenters. The van der Waals surface area contributed by atoms with E-state index in [0.717, 1.165) is 13.0 Å². The van der Waals surface area contributed by atoms with E-state index in [2.05, 4.69) is 10.3 Å². The van der Waals surface area contributed by atoms with Crippen molar-refractivity contribution in [3.05, 3.63) is 40.4 Å². The van der Waals surface area contributed by atoms with Crippen LogP contribution in [0.5, 0.6) is 0 Å². The van der Waals surface area contributed by atoms with Crippen LogP contribution in [-0.4, -0.2) is 29.3 Å². The fourth-order valence-corrected chi connectivity index (χ4v) is 2.32. The number of benzene rings is 1. The lowest BCUT2D eigenvalue weighted by Crippen LogP contribution is -2.10. The van der Waals surface area contributed by atoms with E-state index in [0.29, 0.717) is 24.8 Å². The molecule has 0 fully saturated rings. The van der Waals surface area contributed by atoms with E-state index in [9.17, 15) is 4.39 Å². The average Bonchev–Trinajstić information content (AvgIpc) is 2.92. The summed E-state index contributed by atoms with van der Waals surface area (Å²) in [5.74, 6) is 0.0265. The molecule has 0 spiro atoms. The summed E-state index contributed by atoms with van der Waals surface area (Å²) >= 11 is 11.6. The number of imidazole rings is 1. The van der Waals surface area contributed by atoms with Gasteiger partial charge in [-0.3, -0.25) is 4.57 Å². The molecule has 1 aromatic heterocycles. The highest BCUT2D eigenvalue weighted by molar-refractivity contribution is 6.35. The molecule has 21 heavy (non-hydrogen) atoms. The zero-order valence-corrected chi connectivity index (χ0v) is 13.1. The van der Waals surface area contributed by atoms with Crippen LogP contribution in [0.1, 0.15) is 13.3 Å². The van der Waals surface area contributed by atoms with Gasteiger partial charge in [-0.25, -0.2) is 9.37 Å². The van der Waals surface area contributed by atoms with Crippen molar-refractivity contribution >= 4 is 29.2 Å². The zero-order valence-electron chi connectivity index (χ0n) is 11.6. The first-order chi connectivity index (χ1) is 10.1. The maximum atomic E-state index is 13.5. The third kappa shape index (κ3) is 4.09. The van der Waals surface area contributed by atoms with Gasteiger partial charge < -0.3 is 10.1 Å². The Hall–Kier alpha value is -1.30. The van der Waals surface area contributed by atoms with Gasteiger partial charge in [0, 0.05) is 32.2 Å². The minimum atomic E-state index is -0.617. The van der Waals surface area contributed by atoms with Gasteiger partial charge in [-0.2, -0.15) is 0 Å². The van der Waals surface area contributed by atoms with Gasteiger partial charge in [0.25, 0.3) is 0 Å². The van der Waals surface area contributed by atoms with Crippen molar-refractivity contribution in [3.63, 3.8) is 0 Å². The summed E-state index contributed by atoms with van der Waals surface area (Å²) in [6, 6.07) is 3.02. The molecule has 114 valence electrons. The molecule has 2 aromatic rings. The topological polar surface area (TPSA) is 39.1 Å². The van der Waals surface area contributed by atoms with Gasteiger partial charge in [-0.05, 0) is 25.5 Å². The second-order valence-electron chi connectivity index (χ2n) is 4.32. The number of nitrogens with zero attached hydrogens (tertiary/aromatic N) is 2. The van der Waals surface area contributed by atoms with Gasteiger partial charge in [0.2, 0.25) is 5.95 Å². The van der Waals surface area contributed by atoms with E-state index in [4.69, 9.17) is 27.9 Å². The SMILES string of the molecule is CCOCCCNc1nccn1-c1cc(Cl)c(F)c(Cl)c1. The monoisotopic (exact) mass is 331 g/mol. The maximum absolute atomic E-state index is 13.5. The number of halogens is 3. The highest BCUT2D eigenvalue weighted by Gasteiger charge is 2.11. The second kappa shape index (κ2) is 7.64. The molecule has 0 amide bonds. The predicted octanol–water partition coefficient (Wildman–Crippen LogP) is 4.16. The highest BCUT2D eigenvalue weighted by atomic mass is 35.5. The Labute approximate surface area is 132 Å². The Morgan fingerprint density at radius 2 is 2.05 bits per heavy atom. The molecule has 2 rings (SSSR count). The molecule has 0 radical (unpaired) electrons. The van der Waals surface area contributed by atoms with E-state index in [1.807, 2.05) is 6.92 Å². The number of ether oxygens (including phenoxy) is 1. The molecule has 7 heteroatoms. The van der Waals surface area contributed by atoms with Gasteiger partial charge >= 0.3 is 0 Å². The summed E-state index contributed by atoms with van der Waals surface area (Å²) in [6.45, 7) is 4.08. The van der Waals surface area contributed by atoms with Gasteiger partial charge in [0.15, 0.2) is 5.82 Å². The number of anilines is 1. The van der Waals surface area contributed by atoms with Crippen LogP contribution in [0.4, 0.5) is 10.3 Å². The molecule has 1 aromatic carbocycles. The molecule has 0 bridgehead atoms. The summed E-state index contributed by atoms with van der Waals surface area (Å²) in [7, 11) is 0. The van der Waals surface area contributed by atoms with Gasteiger partial charge in [0.1, 0.15) is 0 Å². The summed E-state index contributed by atoms with van der Waals surface area (Å²) in [5, 5.41) is 3.16. The van der Waals surface area contributed by atoms with Crippen molar-refractivity contribution in [2.45, 2.75) is 13.3 Å². The molecular weight excluding hydrogens is 316 g/mol. The number of hydrogen-bond donors (Lipinski definition) is 1. The number of hydrogen-bond acceptors (Lipinski definition) is 3. The van der Waals surface area contributed by atoms with Crippen LogP contribution in [0.15, 0.2) is 24.5 Å². The van der Waals surface area contributed by atoms with Crippen molar-refractivity contribution in [2.75, 3.05) is 25.1 Å². The third-order valence-electron chi connectivity index (χ3n) is 2.84. The second-order valence-corrected chi connectivity index (χ2v) is 5.14. The molecule has 0 aliphatic carbocycles. The van der Waals surface area contributed by atoms with Crippen LogP contribution in [-0.2, 0) is 4.74 Å². The van der Waals surface area contributed by atoms with Gasteiger partial charge in [-0.15, -0.1) is 0 Å². The quantitative estimate of drug-likeness (QED) is 0.611. The molecular formula is C14H16Cl2FN3O. The lowest BCUT2D eigenvalue weighted by molar-refractivity contribution is 0.147. The lowest BCUT2D eigenvalue weighted by Gasteiger charge is -2.11. The smallest absolute Gasteiger partial charge is 0.207 e. The molecule has 0 aliphatic heterocycles. The summed E-state index contributed by atoms with van der Waals surface area (Å²) < 4.78 is 20.5. The van der Waals surface area contributed by atoms with Gasteiger partial charge in [0.05, 0.1) is 15.7 Å². The summed E-state index contributed by atoms with van der Waals surface area (Å²) in [6.07, 6.45) is 4.27. The molecule has 1 N–H and O–H groups in total. The Balaban J connectivity index is 2.09. The Kier molecular flexibility index (Phi) is 5.85. The first-order valence-corrected chi connectivity index (χ1v) is 7.39. The van der Waals surface area contributed by atoms with Crippen molar-refractivity contribution < 1.29 is 9.13 Å². The molecule has 0 atom stereocenters. The normalized spacial score (nSPS) is 10.9. The fourth-order valence-electron chi connectivity index (χ4n) is 1.84. The molecule has 4 nitrogen and oxygen atoms in total. The van der Waals surface area contributed by atoms with Crippen LogP contribution in [0, 0.1) is 5.82 Å². The fraction of sp³-hybridized carbons (Fsp3) is 0.357. The van der Waals surface area contributed by atoms with E-state index in [-0.39, 0.29) is 10.0 Å². The van der Waals surface area contributed by atoms with Crippen molar-refractivity contribution in [1.29, 1.82) is 0 Å². The minimum absolute atomic E-state index is 0.0199. The average molecular weight is 332 g/mol. The summed E-state index contributed by atoms with van der Waals surface area (Å²) in [4.78, 5) is 4.22. The zero-order chi connectivity index (χ0) is 15.2. The predicted molar refractivity (Wildman–Crippen MR) is 83.1 cm³/mol. The van der Waals surface area contributed by atoms with Crippen LogP contribution in [0.2, 0.25) is 10.0 Å².